The number of nitrogens with one attached hydrogen (secondary N) is 1. The van der Waals surface area contributed by atoms with Crippen LogP contribution >= 0.6 is 22.6 Å². The molecule has 0 saturated heterocycles. The number of aromatic nitrogens is 2. The van der Waals surface area contributed by atoms with Gasteiger partial charge in [-0.25, -0.2) is 5.84 Å². The van der Waals surface area contributed by atoms with Gasteiger partial charge < -0.3 is 5.43 Å². The van der Waals surface area contributed by atoms with Gasteiger partial charge in [-0.2, -0.15) is 5.10 Å². The molecule has 1 aromatic rings. The van der Waals surface area contributed by atoms with E-state index in [4.69, 9.17) is 5.84 Å². The molecule has 1 aromatic heterocycles. The minimum atomic E-state index is 0.591. The summed E-state index contributed by atoms with van der Waals surface area (Å²) < 4.78 is 0.871. The van der Waals surface area contributed by atoms with Gasteiger partial charge >= 0.3 is 0 Å². The van der Waals surface area contributed by atoms with Crippen molar-refractivity contribution in [2.75, 3.05) is 5.43 Å². The first-order valence-corrected chi connectivity index (χ1v) is 4.24. The highest BCUT2D eigenvalue weighted by Gasteiger charge is 1.91. The second-order valence-corrected chi connectivity index (χ2v) is 2.45. The lowest BCUT2D eigenvalue weighted by molar-refractivity contribution is 0.972. The number of alkyl halides is 1. The third-order valence-corrected chi connectivity index (χ3v) is 1.79. The SMILES string of the molecule is NNc1ccc(CI)nn1. The van der Waals surface area contributed by atoms with Crippen molar-refractivity contribution in [1.82, 2.24) is 10.2 Å². The first-order valence-electron chi connectivity index (χ1n) is 2.72. The van der Waals surface area contributed by atoms with Crippen LogP contribution < -0.4 is 11.3 Å². The second-order valence-electron chi connectivity index (χ2n) is 1.69. The highest BCUT2D eigenvalue weighted by Crippen LogP contribution is 2.03. The average molecular weight is 250 g/mol. The molecule has 1 heterocycles. The zero-order valence-corrected chi connectivity index (χ0v) is 7.37. The van der Waals surface area contributed by atoms with Crippen LogP contribution in [-0.2, 0) is 4.43 Å². The fourth-order valence-electron chi connectivity index (χ4n) is 0.508. The van der Waals surface area contributed by atoms with Crippen LogP contribution in [-0.4, -0.2) is 10.2 Å². The molecule has 0 amide bonds. The second kappa shape index (κ2) is 3.67. The van der Waals surface area contributed by atoms with Crippen LogP contribution in [0.2, 0.25) is 0 Å². The molecule has 0 bridgehead atoms. The summed E-state index contributed by atoms with van der Waals surface area (Å²) in [5.41, 5.74) is 3.36. The molecule has 1 rings (SSSR count). The Hall–Kier alpha value is -0.430. The number of hydrogen-bond donors (Lipinski definition) is 2. The minimum Gasteiger partial charge on any atom is -0.307 e. The molecule has 0 aromatic carbocycles. The number of hydrazine groups is 1. The zero-order valence-electron chi connectivity index (χ0n) is 5.21. The van der Waals surface area contributed by atoms with E-state index < -0.39 is 0 Å². The van der Waals surface area contributed by atoms with Crippen molar-refractivity contribution in [3.63, 3.8) is 0 Å². The number of nitrogens with zero attached hydrogens (tertiary/aromatic N) is 2. The first-order chi connectivity index (χ1) is 4.86. The Kier molecular flexibility index (Phi) is 2.82. The summed E-state index contributed by atoms with van der Waals surface area (Å²) in [5, 5.41) is 7.65. The quantitative estimate of drug-likeness (QED) is 0.351. The number of nitrogen functional groups attached to an aromatic ring is 1. The Bertz CT molecular complexity index is 174. The smallest absolute Gasteiger partial charge is 0.162 e. The van der Waals surface area contributed by atoms with E-state index in [9.17, 15) is 0 Å². The molecule has 0 fully saturated rings. The van der Waals surface area contributed by atoms with E-state index in [1.165, 1.54) is 0 Å². The number of halogens is 1. The maximum Gasteiger partial charge on any atom is 0.162 e. The lowest BCUT2D eigenvalue weighted by atomic mass is 10.4. The van der Waals surface area contributed by atoms with Crippen LogP contribution in [0.4, 0.5) is 5.82 Å². The first kappa shape index (κ1) is 7.67. The van der Waals surface area contributed by atoms with E-state index in [0.717, 1.165) is 10.1 Å². The summed E-state index contributed by atoms with van der Waals surface area (Å²) in [5.74, 6) is 5.68. The zero-order chi connectivity index (χ0) is 7.40. The molecule has 3 N–H and O–H groups in total. The Labute approximate surface area is 72.3 Å². The monoisotopic (exact) mass is 250 g/mol. The summed E-state index contributed by atoms with van der Waals surface area (Å²) in [6.45, 7) is 0. The van der Waals surface area contributed by atoms with Gasteiger partial charge in [0.1, 0.15) is 0 Å². The van der Waals surface area contributed by atoms with Crippen molar-refractivity contribution in [2.24, 2.45) is 5.84 Å². The van der Waals surface area contributed by atoms with Gasteiger partial charge in [-0.1, -0.05) is 22.6 Å². The Balaban J connectivity index is 2.80. The van der Waals surface area contributed by atoms with Gasteiger partial charge in [0, 0.05) is 4.43 Å². The minimum absolute atomic E-state index is 0.591. The summed E-state index contributed by atoms with van der Waals surface area (Å²) in [4.78, 5) is 0. The molecule has 0 aliphatic rings. The highest BCUT2D eigenvalue weighted by molar-refractivity contribution is 14.1. The molecule has 0 unspecified atom stereocenters. The van der Waals surface area contributed by atoms with Crippen LogP contribution in [0.1, 0.15) is 5.69 Å². The van der Waals surface area contributed by atoms with Crippen LogP contribution in [0.3, 0.4) is 0 Å². The van der Waals surface area contributed by atoms with E-state index in [2.05, 4.69) is 38.2 Å². The van der Waals surface area contributed by atoms with Crippen LogP contribution in [0.5, 0.6) is 0 Å². The number of hydrogen-bond acceptors (Lipinski definition) is 4. The molecular formula is C5H7IN4. The average Bonchev–Trinajstić information content (AvgIpc) is 2.05. The molecule has 5 heteroatoms. The van der Waals surface area contributed by atoms with E-state index in [-0.39, 0.29) is 0 Å². The van der Waals surface area contributed by atoms with E-state index in [1.54, 1.807) is 6.07 Å². The number of anilines is 1. The molecule has 0 aliphatic heterocycles. The third-order valence-electron chi connectivity index (χ3n) is 1.00. The third kappa shape index (κ3) is 1.77. The molecule has 0 radical (unpaired) electrons. The van der Waals surface area contributed by atoms with E-state index >= 15 is 0 Å². The van der Waals surface area contributed by atoms with Crippen LogP contribution in [0.25, 0.3) is 0 Å². The van der Waals surface area contributed by atoms with Crippen molar-refractivity contribution < 1.29 is 0 Å². The maximum absolute atomic E-state index is 5.09. The van der Waals surface area contributed by atoms with Crippen molar-refractivity contribution in [3.05, 3.63) is 17.8 Å². The molecule has 54 valence electrons. The van der Waals surface area contributed by atoms with Gasteiger partial charge in [-0.15, -0.1) is 5.10 Å². The summed E-state index contributed by atoms with van der Waals surface area (Å²) in [7, 11) is 0. The van der Waals surface area contributed by atoms with Crippen molar-refractivity contribution in [1.29, 1.82) is 0 Å². The van der Waals surface area contributed by atoms with Gasteiger partial charge in [0.05, 0.1) is 5.69 Å². The van der Waals surface area contributed by atoms with Gasteiger partial charge in [-0.05, 0) is 12.1 Å². The summed E-state index contributed by atoms with van der Waals surface area (Å²) in [6.07, 6.45) is 0. The standard InChI is InChI=1S/C5H7IN4/c6-3-4-1-2-5(8-7)10-9-4/h1-2H,3,7H2,(H,8,10). The van der Waals surface area contributed by atoms with Crippen molar-refractivity contribution in [2.45, 2.75) is 4.43 Å². The predicted molar refractivity (Wildman–Crippen MR) is 47.6 cm³/mol. The predicted octanol–water partition coefficient (Wildman–Crippen LogP) is 0.697. The van der Waals surface area contributed by atoms with Crippen molar-refractivity contribution in [3.8, 4) is 0 Å². The molecular weight excluding hydrogens is 243 g/mol. The molecule has 0 spiro atoms. The fourth-order valence-corrected chi connectivity index (χ4v) is 0.915. The van der Waals surface area contributed by atoms with Crippen molar-refractivity contribution >= 4 is 28.4 Å². The molecule has 0 saturated carbocycles. The lowest BCUT2D eigenvalue weighted by Crippen LogP contribution is -2.09. The number of nitrogens with two attached hydrogens (primary N) is 1. The molecule has 0 atom stereocenters. The topological polar surface area (TPSA) is 63.8 Å². The van der Waals surface area contributed by atoms with E-state index in [0.29, 0.717) is 5.82 Å². The summed E-state index contributed by atoms with van der Waals surface area (Å²) in [6, 6.07) is 3.68. The van der Waals surface area contributed by atoms with Gasteiger partial charge in [0.2, 0.25) is 0 Å². The Morgan fingerprint density at radius 2 is 2.30 bits per heavy atom. The van der Waals surface area contributed by atoms with Gasteiger partial charge in [0.15, 0.2) is 5.82 Å². The maximum atomic E-state index is 5.09. The van der Waals surface area contributed by atoms with E-state index in [1.807, 2.05) is 6.07 Å². The largest absolute Gasteiger partial charge is 0.307 e. The van der Waals surface area contributed by atoms with Gasteiger partial charge in [0.25, 0.3) is 0 Å². The fraction of sp³-hybridized carbons (Fsp3) is 0.200. The Morgan fingerprint density at radius 1 is 1.50 bits per heavy atom. The molecule has 4 nitrogen and oxygen atoms in total. The number of rotatable bonds is 2. The Morgan fingerprint density at radius 3 is 2.70 bits per heavy atom. The summed E-state index contributed by atoms with van der Waals surface area (Å²) >= 11 is 2.22. The normalized spacial score (nSPS) is 9.40. The van der Waals surface area contributed by atoms with Crippen LogP contribution in [0, 0.1) is 0 Å². The van der Waals surface area contributed by atoms with Crippen LogP contribution in [0.15, 0.2) is 12.1 Å². The van der Waals surface area contributed by atoms with Gasteiger partial charge in [-0.3, -0.25) is 0 Å². The lowest BCUT2D eigenvalue weighted by Gasteiger charge is -1.96. The molecule has 10 heavy (non-hydrogen) atoms. The highest BCUT2D eigenvalue weighted by atomic mass is 127. The molecule has 0 aliphatic carbocycles.